The summed E-state index contributed by atoms with van der Waals surface area (Å²) in [5.74, 6) is 0. The summed E-state index contributed by atoms with van der Waals surface area (Å²) in [6.45, 7) is 0. The molecule has 0 bridgehead atoms. The molecule has 2 rings (SSSR count). The molecular weight excluding hydrogens is 280 g/mol. The molecule has 0 N–H and O–H groups in total. The molecule has 0 aliphatic rings. The molecule has 0 unspecified atom stereocenters. The Morgan fingerprint density at radius 3 is 2.06 bits per heavy atom. The van der Waals surface area contributed by atoms with Gasteiger partial charge in [-0.15, -0.1) is 0 Å². The fourth-order valence-electron chi connectivity index (χ4n) is 1.31. The molecule has 0 aliphatic carbocycles. The van der Waals surface area contributed by atoms with E-state index >= 15 is 0 Å². The zero-order valence-electron chi connectivity index (χ0n) is 8.64. The fourth-order valence-corrected chi connectivity index (χ4v) is 2.85. The maximum atomic E-state index is 3.58. The molecule has 0 spiro atoms. The lowest BCUT2D eigenvalue weighted by Crippen LogP contribution is -1.71. The van der Waals surface area contributed by atoms with Crippen molar-refractivity contribution < 1.29 is 0 Å². The van der Waals surface area contributed by atoms with Gasteiger partial charge in [0.1, 0.15) is 0 Å². The van der Waals surface area contributed by atoms with Gasteiger partial charge in [0.15, 0.2) is 0 Å². The summed E-state index contributed by atoms with van der Waals surface area (Å²) in [6, 6.07) is 20.6. The highest BCUT2D eigenvalue weighted by atomic mass is 79.9. The van der Waals surface area contributed by atoms with Gasteiger partial charge in [-0.1, -0.05) is 60.3 Å². The van der Waals surface area contributed by atoms with Crippen molar-refractivity contribution in [2.24, 2.45) is 0 Å². The predicted molar refractivity (Wildman–Crippen MR) is 75.6 cm³/mol. The van der Waals surface area contributed by atoms with E-state index in [-0.39, 0.29) is 0 Å². The highest BCUT2D eigenvalue weighted by molar-refractivity contribution is 9.14. The van der Waals surface area contributed by atoms with E-state index in [0.717, 1.165) is 3.81 Å². The maximum Gasteiger partial charge on any atom is 0.0557 e. The smallest absolute Gasteiger partial charge is 0.0557 e. The van der Waals surface area contributed by atoms with Gasteiger partial charge in [-0.05, 0) is 39.7 Å². The second-order valence-corrected chi connectivity index (χ2v) is 5.77. The largest absolute Gasteiger partial charge is 0.0825 e. The van der Waals surface area contributed by atoms with Crippen molar-refractivity contribution in [2.75, 3.05) is 0 Å². The average molecular weight is 291 g/mol. The number of hydrogen-bond donors (Lipinski definition) is 0. The summed E-state index contributed by atoms with van der Waals surface area (Å²) in [5, 5.41) is 0. The van der Waals surface area contributed by atoms with Crippen LogP contribution in [0.2, 0.25) is 0 Å². The first-order chi connectivity index (χ1) is 7.84. The van der Waals surface area contributed by atoms with Crippen molar-refractivity contribution in [3.63, 3.8) is 0 Å². The van der Waals surface area contributed by atoms with Crippen LogP contribution >= 0.6 is 27.7 Å². The molecule has 0 nitrogen and oxygen atoms in total. The lowest BCUT2D eigenvalue weighted by Gasteiger charge is -1.99. The molecule has 0 saturated heterocycles. The van der Waals surface area contributed by atoms with Gasteiger partial charge < -0.3 is 0 Å². The van der Waals surface area contributed by atoms with Gasteiger partial charge in [-0.2, -0.15) is 0 Å². The van der Waals surface area contributed by atoms with Crippen LogP contribution in [0.25, 0.3) is 6.08 Å². The predicted octanol–water partition coefficient (Wildman–Crippen LogP) is 5.17. The van der Waals surface area contributed by atoms with Gasteiger partial charge in [0.05, 0.1) is 3.81 Å². The lowest BCUT2D eigenvalue weighted by atomic mass is 10.2. The van der Waals surface area contributed by atoms with Crippen molar-refractivity contribution in [1.29, 1.82) is 0 Å². The normalized spacial score (nSPS) is 11.4. The molecule has 0 saturated carbocycles. The first kappa shape index (κ1) is 11.5. The van der Waals surface area contributed by atoms with E-state index < -0.39 is 0 Å². The first-order valence-electron chi connectivity index (χ1n) is 5.00. The van der Waals surface area contributed by atoms with E-state index in [1.807, 2.05) is 36.4 Å². The van der Waals surface area contributed by atoms with E-state index in [2.05, 4.69) is 46.3 Å². The molecule has 2 aromatic rings. The van der Waals surface area contributed by atoms with Crippen LogP contribution in [-0.4, -0.2) is 0 Å². The monoisotopic (exact) mass is 290 g/mol. The SMILES string of the molecule is Br/C(=C/c1ccccc1)Sc1ccccc1. The van der Waals surface area contributed by atoms with Gasteiger partial charge in [0.2, 0.25) is 0 Å². The minimum Gasteiger partial charge on any atom is -0.0825 e. The third-order valence-corrected chi connectivity index (χ3v) is 3.57. The van der Waals surface area contributed by atoms with Crippen molar-refractivity contribution >= 4 is 33.8 Å². The molecule has 2 aromatic carbocycles. The second kappa shape index (κ2) is 5.92. The van der Waals surface area contributed by atoms with Crippen LogP contribution in [0.15, 0.2) is 69.4 Å². The summed E-state index contributed by atoms with van der Waals surface area (Å²) >= 11 is 5.29. The Morgan fingerprint density at radius 2 is 1.44 bits per heavy atom. The van der Waals surface area contributed by atoms with Crippen LogP contribution in [0.1, 0.15) is 5.56 Å². The van der Waals surface area contributed by atoms with Gasteiger partial charge >= 0.3 is 0 Å². The molecule has 0 atom stereocenters. The highest BCUT2D eigenvalue weighted by Gasteiger charge is 1.96. The van der Waals surface area contributed by atoms with Crippen LogP contribution < -0.4 is 0 Å². The number of rotatable bonds is 3. The summed E-state index contributed by atoms with van der Waals surface area (Å²) < 4.78 is 1.12. The fraction of sp³-hybridized carbons (Fsp3) is 0. The number of halogens is 1. The lowest BCUT2D eigenvalue weighted by molar-refractivity contribution is 1.47. The zero-order chi connectivity index (χ0) is 11.2. The molecule has 80 valence electrons. The Kier molecular flexibility index (Phi) is 4.25. The molecular formula is C14H11BrS. The quantitative estimate of drug-likeness (QED) is 0.703. The van der Waals surface area contributed by atoms with E-state index in [1.54, 1.807) is 11.8 Å². The first-order valence-corrected chi connectivity index (χ1v) is 6.61. The van der Waals surface area contributed by atoms with Gasteiger partial charge in [-0.3, -0.25) is 0 Å². The Balaban J connectivity index is 2.09. The molecule has 0 aliphatic heterocycles. The van der Waals surface area contributed by atoms with Gasteiger partial charge in [-0.25, -0.2) is 0 Å². The van der Waals surface area contributed by atoms with Crippen LogP contribution in [0, 0.1) is 0 Å². The summed E-state index contributed by atoms with van der Waals surface area (Å²) in [4.78, 5) is 1.24. The van der Waals surface area contributed by atoms with Gasteiger partial charge in [0.25, 0.3) is 0 Å². The Morgan fingerprint density at radius 1 is 0.875 bits per heavy atom. The van der Waals surface area contributed by atoms with Crippen LogP contribution in [0.3, 0.4) is 0 Å². The minimum absolute atomic E-state index is 1.12. The van der Waals surface area contributed by atoms with Crippen LogP contribution in [0.5, 0.6) is 0 Å². The van der Waals surface area contributed by atoms with E-state index in [1.165, 1.54) is 10.5 Å². The van der Waals surface area contributed by atoms with E-state index in [9.17, 15) is 0 Å². The van der Waals surface area contributed by atoms with E-state index in [0.29, 0.717) is 0 Å². The van der Waals surface area contributed by atoms with Crippen molar-refractivity contribution in [2.45, 2.75) is 4.90 Å². The summed E-state index contributed by atoms with van der Waals surface area (Å²) in [7, 11) is 0. The summed E-state index contributed by atoms with van der Waals surface area (Å²) in [6.07, 6.45) is 2.12. The summed E-state index contributed by atoms with van der Waals surface area (Å²) in [5.41, 5.74) is 1.21. The highest BCUT2D eigenvalue weighted by Crippen LogP contribution is 2.32. The molecule has 0 amide bonds. The second-order valence-electron chi connectivity index (χ2n) is 3.27. The van der Waals surface area contributed by atoms with Gasteiger partial charge in [0, 0.05) is 4.90 Å². The molecule has 16 heavy (non-hydrogen) atoms. The van der Waals surface area contributed by atoms with Crippen molar-refractivity contribution in [3.05, 3.63) is 70.0 Å². The van der Waals surface area contributed by atoms with Crippen LogP contribution in [0.4, 0.5) is 0 Å². The van der Waals surface area contributed by atoms with Crippen molar-refractivity contribution in [1.82, 2.24) is 0 Å². The topological polar surface area (TPSA) is 0 Å². The number of thioether (sulfide) groups is 1. The molecule has 0 fully saturated rings. The number of hydrogen-bond acceptors (Lipinski definition) is 1. The molecule has 2 heteroatoms. The van der Waals surface area contributed by atoms with Crippen LogP contribution in [-0.2, 0) is 0 Å². The van der Waals surface area contributed by atoms with Crippen molar-refractivity contribution in [3.8, 4) is 0 Å². The molecule has 0 aromatic heterocycles. The Labute approximate surface area is 109 Å². The zero-order valence-corrected chi connectivity index (χ0v) is 11.0. The Bertz CT molecular complexity index is 463. The third kappa shape index (κ3) is 3.54. The average Bonchev–Trinajstić information content (AvgIpc) is 2.31. The van der Waals surface area contributed by atoms with E-state index in [4.69, 9.17) is 0 Å². The standard InChI is InChI=1S/C14H11BrS/c15-14(11-12-7-3-1-4-8-12)16-13-9-5-2-6-10-13/h1-11H/b14-11-. The third-order valence-electron chi connectivity index (χ3n) is 2.04. The number of benzene rings is 2. The molecule has 0 radical (unpaired) electrons. The Hall–Kier alpha value is -0.990. The minimum atomic E-state index is 1.12. The molecule has 0 heterocycles. The maximum absolute atomic E-state index is 3.58.